The predicted octanol–water partition coefficient (Wildman–Crippen LogP) is 36.9. The van der Waals surface area contributed by atoms with Crippen LogP contribution in [0.15, 0.2) is 529 Å². The van der Waals surface area contributed by atoms with Gasteiger partial charge in [-0.15, -0.1) is 0 Å². The van der Waals surface area contributed by atoms with E-state index in [1.165, 1.54) is 109 Å². The molecule has 0 fully saturated rings. The van der Waals surface area contributed by atoms with Crippen molar-refractivity contribution in [3.05, 3.63) is 516 Å². The van der Waals surface area contributed by atoms with Crippen LogP contribution in [0.2, 0.25) is 0 Å². The highest BCUT2D eigenvalue weighted by Crippen LogP contribution is 2.51. The Kier molecular flexibility index (Phi) is 20.6. The molecule has 23 aromatic carbocycles. The molecule has 0 unspecified atom stereocenters. The van der Waals surface area contributed by atoms with Gasteiger partial charge in [0.15, 0.2) is 16.7 Å². The van der Waals surface area contributed by atoms with Gasteiger partial charge in [-0.2, -0.15) is 0 Å². The lowest BCUT2D eigenvalue weighted by Crippen LogP contribution is -2.10. The van der Waals surface area contributed by atoms with Crippen LogP contribution in [0, 0.1) is 0 Å². The Bertz CT molecular complexity index is 8720. The third-order valence-electron chi connectivity index (χ3n) is 26.1. The van der Waals surface area contributed by atoms with E-state index in [9.17, 15) is 0 Å². The molecule has 0 saturated heterocycles. The topological polar surface area (TPSA) is 49.1 Å². The molecule has 0 amide bonds. The van der Waals surface area contributed by atoms with Crippen LogP contribution in [-0.2, 0) is 0 Å². The Balaban J connectivity index is 0.000000112. The number of para-hydroxylation sites is 5. The highest BCUT2D eigenvalue weighted by Gasteiger charge is 2.27. The molecule has 3 aromatic heterocycles. The molecule has 0 bridgehead atoms. The van der Waals surface area contributed by atoms with Crippen LogP contribution in [-0.4, -0.2) is 0 Å². The molecular weight excluding hydrogens is 1630 g/mol. The molecule has 0 aliphatic carbocycles. The maximum atomic E-state index is 6.77. The highest BCUT2D eigenvalue weighted by atomic mass is 16.3. The van der Waals surface area contributed by atoms with E-state index in [2.05, 4.69) is 512 Å². The largest absolute Gasteiger partial charge is 0.454 e. The van der Waals surface area contributed by atoms with Gasteiger partial charge in [-0.1, -0.05) is 388 Å². The van der Waals surface area contributed by atoms with Gasteiger partial charge in [-0.25, -0.2) is 0 Å². The summed E-state index contributed by atoms with van der Waals surface area (Å²) in [6.07, 6.45) is 0. The van der Waals surface area contributed by atoms with E-state index >= 15 is 0 Å². The van der Waals surface area contributed by atoms with Crippen molar-refractivity contribution in [2.45, 2.75) is 0 Å². The first-order valence-corrected chi connectivity index (χ1v) is 45.6. The maximum absolute atomic E-state index is 6.77. The summed E-state index contributed by atoms with van der Waals surface area (Å²) in [4.78, 5) is 6.96. The molecule has 0 atom stereocenters. The van der Waals surface area contributed by atoms with Gasteiger partial charge < -0.3 is 28.0 Å². The van der Waals surface area contributed by atoms with E-state index in [4.69, 9.17) is 13.3 Å². The zero-order valence-electron chi connectivity index (χ0n) is 73.1. The summed E-state index contributed by atoms with van der Waals surface area (Å²) in [6, 6.07) is 183. The van der Waals surface area contributed by atoms with Crippen LogP contribution < -0.4 is 14.7 Å². The predicted molar refractivity (Wildman–Crippen MR) is 565 cm³/mol. The Morgan fingerprint density at radius 3 is 0.754 bits per heavy atom. The number of fused-ring (bicyclic) bond motifs is 17. The van der Waals surface area contributed by atoms with E-state index in [-0.39, 0.29) is 0 Å². The van der Waals surface area contributed by atoms with Crippen molar-refractivity contribution in [3.8, 4) is 66.8 Å². The van der Waals surface area contributed by atoms with Crippen LogP contribution >= 0.6 is 0 Å². The van der Waals surface area contributed by atoms with Gasteiger partial charge in [0.2, 0.25) is 0 Å². The van der Waals surface area contributed by atoms with Crippen LogP contribution in [0.5, 0.6) is 0 Å². The molecule has 0 radical (unpaired) electrons. The fourth-order valence-corrected chi connectivity index (χ4v) is 19.7. The molecule has 0 aliphatic heterocycles. The van der Waals surface area contributed by atoms with Crippen molar-refractivity contribution in [2.75, 3.05) is 14.7 Å². The second-order valence-corrected chi connectivity index (χ2v) is 34.1. The van der Waals surface area contributed by atoms with Crippen molar-refractivity contribution in [3.63, 3.8) is 0 Å². The summed E-state index contributed by atoms with van der Waals surface area (Å²) < 4.78 is 20.0. The van der Waals surface area contributed by atoms with Gasteiger partial charge in [0.05, 0.1) is 17.1 Å². The van der Waals surface area contributed by atoms with Crippen molar-refractivity contribution in [1.82, 2.24) is 0 Å². The summed E-state index contributed by atoms with van der Waals surface area (Å²) in [6.45, 7) is 0. The van der Waals surface area contributed by atoms with Crippen LogP contribution in [0.4, 0.5) is 51.2 Å². The Morgan fingerprint density at radius 1 is 0.134 bits per heavy atom. The average Bonchev–Trinajstić information content (AvgIpc) is 1.56. The van der Waals surface area contributed by atoms with Crippen LogP contribution in [0.3, 0.4) is 0 Å². The molecule has 3 heterocycles. The summed E-state index contributed by atoms with van der Waals surface area (Å²) in [5, 5.41) is 19.0. The average molecular weight is 1710 g/mol. The number of hydrogen-bond acceptors (Lipinski definition) is 6. The molecule has 134 heavy (non-hydrogen) atoms. The fourth-order valence-electron chi connectivity index (χ4n) is 19.7. The Morgan fingerprint density at radius 2 is 0.381 bits per heavy atom. The van der Waals surface area contributed by atoms with Crippen LogP contribution in [0.1, 0.15) is 0 Å². The minimum absolute atomic E-state index is 0.870. The third kappa shape index (κ3) is 14.9. The number of rotatable bonds is 15. The van der Waals surface area contributed by atoms with Gasteiger partial charge in [0.25, 0.3) is 0 Å². The second kappa shape index (κ2) is 34.6. The molecule has 0 saturated carbocycles. The van der Waals surface area contributed by atoms with Gasteiger partial charge in [0, 0.05) is 66.4 Å². The summed E-state index contributed by atoms with van der Waals surface area (Å²) in [5.74, 6) is 0. The highest BCUT2D eigenvalue weighted by molar-refractivity contribution is 6.26. The fraction of sp³-hybridized carbons (Fsp3) is 0. The number of hydrogen-bond donors (Lipinski definition) is 0. The number of nitrogens with zero attached hydrogens (tertiary/aromatic N) is 3. The number of furan rings is 3. The molecule has 6 heteroatoms. The second-order valence-electron chi connectivity index (χ2n) is 34.1. The van der Waals surface area contributed by atoms with E-state index < -0.39 is 0 Å². The molecule has 0 N–H and O–H groups in total. The molecule has 0 spiro atoms. The van der Waals surface area contributed by atoms with E-state index in [1.807, 2.05) is 18.2 Å². The summed E-state index contributed by atoms with van der Waals surface area (Å²) >= 11 is 0. The Labute approximate surface area is 775 Å². The molecule has 6 nitrogen and oxygen atoms in total. The molecule has 0 aliphatic rings. The summed E-state index contributed by atoms with van der Waals surface area (Å²) in [5.41, 5.74) is 29.1. The van der Waals surface area contributed by atoms with Crippen molar-refractivity contribution >= 4 is 171 Å². The first-order chi connectivity index (χ1) is 66.4. The van der Waals surface area contributed by atoms with Gasteiger partial charge in [0.1, 0.15) is 16.7 Å². The molecular formula is C128H85N3O3. The van der Waals surface area contributed by atoms with Gasteiger partial charge in [-0.3, -0.25) is 0 Å². The van der Waals surface area contributed by atoms with E-state index in [0.29, 0.717) is 0 Å². The van der Waals surface area contributed by atoms with Crippen LogP contribution in [0.25, 0.3) is 186 Å². The van der Waals surface area contributed by atoms with Crippen molar-refractivity contribution in [1.29, 1.82) is 0 Å². The molecule has 26 rings (SSSR count). The van der Waals surface area contributed by atoms with E-state index in [0.717, 1.165) is 128 Å². The smallest absolute Gasteiger partial charge is 0.160 e. The van der Waals surface area contributed by atoms with E-state index in [1.54, 1.807) is 0 Å². The molecule has 26 aromatic rings. The van der Waals surface area contributed by atoms with Gasteiger partial charge in [-0.05, 0) is 248 Å². The Hall–Kier alpha value is -17.8. The lowest BCUT2D eigenvalue weighted by Gasteiger charge is -2.26. The minimum Gasteiger partial charge on any atom is -0.454 e. The first-order valence-electron chi connectivity index (χ1n) is 45.6. The zero-order chi connectivity index (χ0) is 88.8. The third-order valence-corrected chi connectivity index (χ3v) is 26.1. The van der Waals surface area contributed by atoms with Gasteiger partial charge >= 0.3 is 0 Å². The number of anilines is 9. The monoisotopic (exact) mass is 1710 g/mol. The standard InChI is InChI=1S/C52H35NO.2C38H25NO/c1-3-13-36(14-4-1)40-18-11-20-42(33-40)38-25-29-45(30-26-38)53(46-31-27-39(28-32-46)43-21-12-19-41(34-43)37-15-5-2-6-16-37)49-35-44-17-7-8-22-47(44)51-48-23-9-10-24-50(48)54-52(49)51;1-2-14-29(15-3-1)39(30-23-21-27(22-24-30)32-19-10-13-26-11-4-6-16-31(26)32)35-25-28-12-5-7-17-33(28)37-34-18-8-9-20-36(34)40-38(35)37;1-2-13-31(14-3-1)39(32-22-20-27(21-23-32)29-19-18-26-10-4-5-11-28(26)24-29)35-25-30-12-6-7-15-33(30)37-34-16-8-9-17-36(34)40-38(35)37/h1-35H;2*1-25H. The zero-order valence-corrected chi connectivity index (χ0v) is 73.1. The normalized spacial score (nSPS) is 11.4. The quantitative estimate of drug-likeness (QED) is 0.102. The minimum atomic E-state index is 0.870. The summed E-state index contributed by atoms with van der Waals surface area (Å²) in [7, 11) is 0. The number of benzene rings is 23. The first kappa shape index (κ1) is 79.5. The molecule has 630 valence electrons. The van der Waals surface area contributed by atoms with Crippen molar-refractivity contribution < 1.29 is 13.3 Å². The SMILES string of the molecule is c1ccc(-c2cccc(-c3ccc(N(c4ccc(-c5cccc(-c6ccccc6)c5)cc4)c4cc5ccccc5c5c4oc4ccccc45)cc3)c2)cc1.c1ccc(N(c2ccc(-c3ccc4ccccc4c3)cc2)c2cc3ccccc3c3c2oc2ccccc23)cc1.c1ccc(N(c2ccc(-c3cccc4ccccc34)cc2)c2cc3ccccc3c3c2oc2ccccc23)cc1. The maximum Gasteiger partial charge on any atom is 0.160 e. The van der Waals surface area contributed by atoms with Crippen molar-refractivity contribution in [2.24, 2.45) is 0 Å². The lowest BCUT2D eigenvalue weighted by atomic mass is 9.98. The lowest BCUT2D eigenvalue weighted by molar-refractivity contribution is 0.669.